The van der Waals surface area contributed by atoms with Gasteiger partial charge in [-0.25, -0.2) is 23.1 Å². The van der Waals surface area contributed by atoms with Crippen molar-refractivity contribution < 1.29 is 13.2 Å². The quantitative estimate of drug-likeness (QED) is 0.875. The molecule has 0 aliphatic carbocycles. The molecule has 0 aromatic carbocycles. The van der Waals surface area contributed by atoms with E-state index in [0.717, 1.165) is 0 Å². The number of piperidine rings is 1. The Labute approximate surface area is 128 Å². The first-order valence-corrected chi connectivity index (χ1v) is 8.71. The predicted molar refractivity (Wildman–Crippen MR) is 78.6 cm³/mol. The highest BCUT2D eigenvalue weighted by Crippen LogP contribution is 2.14. The maximum Gasteiger partial charge on any atom is 0.274 e. The van der Waals surface area contributed by atoms with E-state index in [9.17, 15) is 13.2 Å². The fraction of sp³-hybridized carbons (Fsp3) is 0.583. The molecule has 0 unspecified atom stereocenters. The Bertz CT molecular complexity index is 597. The molecule has 0 bridgehead atoms. The molecule has 1 aliphatic heterocycles. The van der Waals surface area contributed by atoms with Crippen LogP contribution < -0.4 is 4.72 Å². The molecule has 1 aliphatic rings. The van der Waals surface area contributed by atoms with Crippen LogP contribution in [0.1, 0.15) is 30.3 Å². The first-order valence-electron chi connectivity index (χ1n) is 6.68. The third-order valence-corrected chi connectivity index (χ3v) is 5.00. The molecule has 1 saturated heterocycles. The number of carbonyl (C=O) groups is 1. The van der Waals surface area contributed by atoms with Crippen molar-refractivity contribution in [2.75, 3.05) is 18.8 Å². The molecule has 21 heavy (non-hydrogen) atoms. The average molecular weight is 333 g/mol. The van der Waals surface area contributed by atoms with Crippen molar-refractivity contribution in [3.8, 4) is 0 Å². The highest BCUT2D eigenvalue weighted by Gasteiger charge is 2.26. The van der Waals surface area contributed by atoms with Crippen molar-refractivity contribution in [2.45, 2.75) is 25.8 Å². The zero-order valence-corrected chi connectivity index (χ0v) is 13.2. The second-order valence-electron chi connectivity index (χ2n) is 4.81. The summed E-state index contributed by atoms with van der Waals surface area (Å²) in [6.07, 6.45) is 3.85. The van der Waals surface area contributed by atoms with Crippen LogP contribution in [0.15, 0.2) is 12.4 Å². The summed E-state index contributed by atoms with van der Waals surface area (Å²) in [7, 11) is -3.20. The van der Waals surface area contributed by atoms with Crippen LogP contribution in [0.5, 0.6) is 0 Å². The minimum Gasteiger partial charge on any atom is -0.337 e. The smallest absolute Gasteiger partial charge is 0.274 e. The number of likely N-dealkylation sites (tertiary alicyclic amines) is 1. The molecule has 9 heteroatoms. The SMILES string of the molecule is CCS(=O)(=O)NC1CCN(C(=O)c2cnc(Cl)cn2)CC1. The van der Waals surface area contributed by atoms with Gasteiger partial charge in [-0.05, 0) is 19.8 Å². The topological polar surface area (TPSA) is 92.3 Å². The van der Waals surface area contributed by atoms with Gasteiger partial charge in [-0.15, -0.1) is 0 Å². The zero-order chi connectivity index (χ0) is 15.5. The van der Waals surface area contributed by atoms with Gasteiger partial charge in [-0.3, -0.25) is 4.79 Å². The van der Waals surface area contributed by atoms with Crippen LogP contribution in [0.4, 0.5) is 0 Å². The van der Waals surface area contributed by atoms with E-state index in [1.165, 1.54) is 12.4 Å². The molecule has 2 heterocycles. The number of sulfonamides is 1. The van der Waals surface area contributed by atoms with Crippen LogP contribution in [0, 0.1) is 0 Å². The summed E-state index contributed by atoms with van der Waals surface area (Å²) in [4.78, 5) is 21.6. The average Bonchev–Trinajstić information content (AvgIpc) is 2.48. The molecule has 1 fully saturated rings. The standard InChI is InChI=1S/C12H17ClN4O3S/c1-2-21(19,20)16-9-3-5-17(6-4-9)12(18)10-7-15-11(13)8-14-10/h7-9,16H,2-6H2,1H3. The number of hydrogen-bond acceptors (Lipinski definition) is 5. The van der Waals surface area contributed by atoms with E-state index in [1.807, 2.05) is 0 Å². The Morgan fingerprint density at radius 2 is 2.05 bits per heavy atom. The van der Waals surface area contributed by atoms with Gasteiger partial charge >= 0.3 is 0 Å². The monoisotopic (exact) mass is 332 g/mol. The number of amides is 1. The van der Waals surface area contributed by atoms with Crippen LogP contribution in [-0.2, 0) is 10.0 Å². The highest BCUT2D eigenvalue weighted by molar-refractivity contribution is 7.89. The molecular formula is C12H17ClN4O3S. The molecule has 1 aromatic heterocycles. The number of nitrogens with one attached hydrogen (secondary N) is 1. The van der Waals surface area contributed by atoms with E-state index in [-0.39, 0.29) is 28.5 Å². The number of hydrogen-bond donors (Lipinski definition) is 1. The lowest BCUT2D eigenvalue weighted by molar-refractivity contribution is 0.0705. The van der Waals surface area contributed by atoms with Crippen LogP contribution in [0.2, 0.25) is 5.15 Å². The first kappa shape index (κ1) is 16.1. The van der Waals surface area contributed by atoms with E-state index >= 15 is 0 Å². The third-order valence-electron chi connectivity index (χ3n) is 3.35. The summed E-state index contributed by atoms with van der Waals surface area (Å²) in [6.45, 7) is 2.57. The molecule has 7 nitrogen and oxygen atoms in total. The van der Waals surface area contributed by atoms with Gasteiger partial charge in [-0.2, -0.15) is 0 Å². The molecule has 1 amide bonds. The van der Waals surface area contributed by atoms with Crippen LogP contribution in [0.3, 0.4) is 0 Å². The van der Waals surface area contributed by atoms with E-state index in [0.29, 0.717) is 25.9 Å². The van der Waals surface area contributed by atoms with E-state index < -0.39 is 10.0 Å². The lowest BCUT2D eigenvalue weighted by Gasteiger charge is -2.31. The van der Waals surface area contributed by atoms with Gasteiger partial charge < -0.3 is 4.90 Å². The highest BCUT2D eigenvalue weighted by atomic mass is 35.5. The van der Waals surface area contributed by atoms with Gasteiger partial charge in [0.05, 0.1) is 18.1 Å². The summed E-state index contributed by atoms with van der Waals surface area (Å²) in [5.41, 5.74) is 0.243. The third kappa shape index (κ3) is 4.36. The van der Waals surface area contributed by atoms with Crippen molar-refractivity contribution in [2.24, 2.45) is 0 Å². The maximum atomic E-state index is 12.2. The van der Waals surface area contributed by atoms with E-state index in [4.69, 9.17) is 11.6 Å². The van der Waals surface area contributed by atoms with Gasteiger partial charge in [0.2, 0.25) is 10.0 Å². The van der Waals surface area contributed by atoms with E-state index in [1.54, 1.807) is 11.8 Å². The summed E-state index contributed by atoms with van der Waals surface area (Å²) in [5.74, 6) is -0.150. The summed E-state index contributed by atoms with van der Waals surface area (Å²) < 4.78 is 25.7. The molecule has 0 saturated carbocycles. The van der Waals surface area contributed by atoms with Crippen LogP contribution in [-0.4, -0.2) is 54.1 Å². The number of nitrogens with zero attached hydrogens (tertiary/aromatic N) is 3. The Hall–Kier alpha value is -1.25. The lowest BCUT2D eigenvalue weighted by atomic mass is 10.1. The van der Waals surface area contributed by atoms with Gasteiger partial charge in [0.15, 0.2) is 0 Å². The molecule has 116 valence electrons. The van der Waals surface area contributed by atoms with Crippen LogP contribution in [0.25, 0.3) is 0 Å². The van der Waals surface area contributed by atoms with Crippen LogP contribution >= 0.6 is 11.6 Å². The predicted octanol–water partition coefficient (Wildman–Crippen LogP) is 0.674. The lowest BCUT2D eigenvalue weighted by Crippen LogP contribution is -2.47. The largest absolute Gasteiger partial charge is 0.337 e. The van der Waals surface area contributed by atoms with Gasteiger partial charge in [-0.1, -0.05) is 11.6 Å². The normalized spacial score (nSPS) is 17.0. The van der Waals surface area contributed by atoms with Gasteiger partial charge in [0.25, 0.3) is 5.91 Å². The number of aromatic nitrogens is 2. The minimum absolute atomic E-state index is 0.0620. The van der Waals surface area contributed by atoms with Crippen molar-refractivity contribution in [1.29, 1.82) is 0 Å². The van der Waals surface area contributed by atoms with E-state index in [2.05, 4.69) is 14.7 Å². The molecule has 1 N–H and O–H groups in total. The van der Waals surface area contributed by atoms with Crippen molar-refractivity contribution in [3.05, 3.63) is 23.2 Å². The summed E-state index contributed by atoms with van der Waals surface area (Å²) >= 11 is 5.63. The second kappa shape index (κ2) is 6.67. The molecule has 0 spiro atoms. The van der Waals surface area contributed by atoms with Crippen molar-refractivity contribution in [3.63, 3.8) is 0 Å². The minimum atomic E-state index is -3.20. The Balaban J connectivity index is 1.92. The zero-order valence-electron chi connectivity index (χ0n) is 11.6. The Kier molecular flexibility index (Phi) is 5.13. The second-order valence-corrected chi connectivity index (χ2v) is 7.24. The Morgan fingerprint density at radius 3 is 2.57 bits per heavy atom. The fourth-order valence-electron chi connectivity index (χ4n) is 2.12. The first-order chi connectivity index (χ1) is 9.91. The molecular weight excluding hydrogens is 316 g/mol. The maximum absolute atomic E-state index is 12.2. The molecule has 0 atom stereocenters. The summed E-state index contributed by atoms with van der Waals surface area (Å²) in [5, 5.41) is 0.235. The van der Waals surface area contributed by atoms with Crippen molar-refractivity contribution >= 4 is 27.5 Å². The number of halogens is 1. The van der Waals surface area contributed by atoms with Gasteiger partial charge in [0.1, 0.15) is 10.8 Å². The molecule has 1 aromatic rings. The fourth-order valence-corrected chi connectivity index (χ4v) is 3.13. The van der Waals surface area contributed by atoms with Gasteiger partial charge in [0, 0.05) is 19.1 Å². The summed E-state index contributed by atoms with van der Waals surface area (Å²) in [6, 6.07) is -0.115. The molecule has 2 rings (SSSR count). The van der Waals surface area contributed by atoms with Crippen molar-refractivity contribution in [1.82, 2.24) is 19.6 Å². The Morgan fingerprint density at radius 1 is 1.38 bits per heavy atom. The number of carbonyl (C=O) groups excluding carboxylic acids is 1. The number of rotatable bonds is 4. The molecule has 0 radical (unpaired) electrons.